The minimum Gasteiger partial charge on any atom is -0.381 e. The Labute approximate surface area is 96.2 Å². The lowest BCUT2D eigenvalue weighted by Crippen LogP contribution is -2.44. The average molecular weight is 231 g/mol. The molecule has 0 saturated heterocycles. The average Bonchev–Trinajstić information content (AvgIpc) is 2.38. The Kier molecular flexibility index (Phi) is 3.85. The summed E-state index contributed by atoms with van der Waals surface area (Å²) in [6, 6.07) is 19.6. The molecule has 2 aromatic rings. The van der Waals surface area contributed by atoms with Crippen LogP contribution < -0.4 is 10.4 Å². The minimum atomic E-state index is -1.43. The van der Waals surface area contributed by atoms with E-state index in [1.165, 1.54) is 0 Å². The smallest absolute Gasteiger partial charge is 0.286 e. The normalized spacial score (nSPS) is 10.6. The van der Waals surface area contributed by atoms with Gasteiger partial charge in [-0.3, -0.25) is 0 Å². The van der Waals surface area contributed by atoms with E-state index in [4.69, 9.17) is 4.43 Å². The van der Waals surface area contributed by atoms with Crippen molar-refractivity contribution in [3.8, 4) is 0 Å². The molecular formula is C13H12FOSi. The molecule has 16 heavy (non-hydrogen) atoms. The third-order valence-corrected chi connectivity index (χ3v) is 4.38. The van der Waals surface area contributed by atoms with Gasteiger partial charge in [0.2, 0.25) is 0 Å². The topological polar surface area (TPSA) is 9.23 Å². The van der Waals surface area contributed by atoms with Gasteiger partial charge in [-0.25, -0.2) is 4.39 Å². The lowest BCUT2D eigenvalue weighted by Gasteiger charge is -2.13. The summed E-state index contributed by atoms with van der Waals surface area (Å²) in [5, 5.41) is 2.13. The molecule has 0 heterocycles. The predicted octanol–water partition coefficient (Wildman–Crippen LogP) is 1.74. The molecular weight excluding hydrogens is 219 g/mol. The summed E-state index contributed by atoms with van der Waals surface area (Å²) in [6.45, 7) is -0.738. The Morgan fingerprint density at radius 1 is 0.812 bits per heavy atom. The zero-order chi connectivity index (χ0) is 11.2. The van der Waals surface area contributed by atoms with E-state index in [-0.39, 0.29) is 0 Å². The lowest BCUT2D eigenvalue weighted by atomic mass is 10.4. The van der Waals surface area contributed by atoms with E-state index in [2.05, 4.69) is 0 Å². The summed E-state index contributed by atoms with van der Waals surface area (Å²) >= 11 is 0. The SMILES string of the molecule is FCO[Si](c1ccccc1)c1ccccc1. The molecule has 2 aromatic carbocycles. The fourth-order valence-corrected chi connectivity index (χ4v) is 3.33. The number of rotatable bonds is 4. The Bertz CT molecular complexity index is 379. The van der Waals surface area contributed by atoms with Gasteiger partial charge in [0.25, 0.3) is 9.04 Å². The number of alkyl halides is 1. The monoisotopic (exact) mass is 231 g/mol. The molecule has 0 saturated carbocycles. The predicted molar refractivity (Wildman–Crippen MR) is 65.0 cm³/mol. The molecule has 0 spiro atoms. The van der Waals surface area contributed by atoms with Gasteiger partial charge in [0.15, 0.2) is 6.86 Å². The van der Waals surface area contributed by atoms with Gasteiger partial charge in [-0.15, -0.1) is 0 Å². The van der Waals surface area contributed by atoms with Crippen molar-refractivity contribution < 1.29 is 8.82 Å². The highest BCUT2D eigenvalue weighted by atomic mass is 28.3. The molecule has 0 aliphatic heterocycles. The molecule has 81 valence electrons. The fourth-order valence-electron chi connectivity index (χ4n) is 1.57. The zero-order valence-electron chi connectivity index (χ0n) is 8.77. The molecule has 0 aromatic heterocycles. The van der Waals surface area contributed by atoms with Crippen LogP contribution in [0.15, 0.2) is 60.7 Å². The van der Waals surface area contributed by atoms with Crippen molar-refractivity contribution >= 4 is 19.4 Å². The van der Waals surface area contributed by atoms with Crippen LogP contribution in [0.3, 0.4) is 0 Å². The van der Waals surface area contributed by atoms with Crippen molar-refractivity contribution in [3.05, 3.63) is 60.7 Å². The summed E-state index contributed by atoms with van der Waals surface area (Å²) in [5.74, 6) is 0. The summed E-state index contributed by atoms with van der Waals surface area (Å²) in [7, 11) is -1.43. The molecule has 1 radical (unpaired) electrons. The van der Waals surface area contributed by atoms with Crippen LogP contribution in [0, 0.1) is 0 Å². The van der Waals surface area contributed by atoms with E-state index >= 15 is 0 Å². The highest BCUT2D eigenvalue weighted by molar-refractivity contribution is 6.80. The van der Waals surface area contributed by atoms with Crippen LogP contribution in [-0.2, 0) is 4.43 Å². The van der Waals surface area contributed by atoms with Crippen LogP contribution in [0.5, 0.6) is 0 Å². The Morgan fingerprint density at radius 3 is 1.62 bits per heavy atom. The van der Waals surface area contributed by atoms with Crippen molar-refractivity contribution in [1.82, 2.24) is 0 Å². The van der Waals surface area contributed by atoms with Gasteiger partial charge in [-0.2, -0.15) is 0 Å². The first-order valence-corrected chi connectivity index (χ1v) is 6.49. The van der Waals surface area contributed by atoms with E-state index in [1.807, 2.05) is 60.7 Å². The number of hydrogen-bond donors (Lipinski definition) is 0. The van der Waals surface area contributed by atoms with Crippen molar-refractivity contribution in [2.45, 2.75) is 0 Å². The third-order valence-electron chi connectivity index (χ3n) is 2.27. The zero-order valence-corrected chi connectivity index (χ0v) is 9.77. The molecule has 0 unspecified atom stereocenters. The van der Waals surface area contributed by atoms with Gasteiger partial charge in [0.1, 0.15) is 0 Å². The Hall–Kier alpha value is -1.45. The van der Waals surface area contributed by atoms with Gasteiger partial charge >= 0.3 is 0 Å². The molecule has 0 bridgehead atoms. The Morgan fingerprint density at radius 2 is 1.25 bits per heavy atom. The molecule has 0 N–H and O–H groups in total. The molecule has 0 aliphatic carbocycles. The molecule has 0 aliphatic rings. The summed E-state index contributed by atoms with van der Waals surface area (Å²) < 4.78 is 17.7. The highest BCUT2D eigenvalue weighted by Gasteiger charge is 2.18. The van der Waals surface area contributed by atoms with Crippen LogP contribution in [0.25, 0.3) is 0 Å². The second-order valence-corrected chi connectivity index (χ2v) is 5.42. The quantitative estimate of drug-likeness (QED) is 0.728. The van der Waals surface area contributed by atoms with Gasteiger partial charge in [-0.05, 0) is 10.4 Å². The highest BCUT2D eigenvalue weighted by Crippen LogP contribution is 1.94. The molecule has 3 heteroatoms. The van der Waals surface area contributed by atoms with Crippen molar-refractivity contribution in [2.24, 2.45) is 0 Å². The maximum Gasteiger partial charge on any atom is 0.286 e. The van der Waals surface area contributed by atoms with Crippen molar-refractivity contribution in [1.29, 1.82) is 0 Å². The van der Waals surface area contributed by atoms with E-state index < -0.39 is 15.9 Å². The van der Waals surface area contributed by atoms with Crippen molar-refractivity contribution in [3.63, 3.8) is 0 Å². The largest absolute Gasteiger partial charge is 0.381 e. The van der Waals surface area contributed by atoms with Crippen LogP contribution in [0.1, 0.15) is 0 Å². The standard InChI is InChI=1S/C13H12FOSi/c14-11-15-16(12-7-3-1-4-8-12)13-9-5-2-6-10-13/h1-10H,11H2. The second-order valence-electron chi connectivity index (χ2n) is 3.31. The molecule has 0 atom stereocenters. The van der Waals surface area contributed by atoms with Gasteiger partial charge in [0.05, 0.1) is 0 Å². The second kappa shape index (κ2) is 5.58. The number of hydrogen-bond acceptors (Lipinski definition) is 1. The van der Waals surface area contributed by atoms with E-state index in [0.717, 1.165) is 10.4 Å². The first-order valence-electron chi connectivity index (χ1n) is 5.08. The summed E-state index contributed by atoms with van der Waals surface area (Å²) in [5.41, 5.74) is 0. The van der Waals surface area contributed by atoms with E-state index in [9.17, 15) is 4.39 Å². The van der Waals surface area contributed by atoms with Crippen LogP contribution in [-0.4, -0.2) is 15.9 Å². The van der Waals surface area contributed by atoms with E-state index in [0.29, 0.717) is 0 Å². The van der Waals surface area contributed by atoms with E-state index in [1.54, 1.807) is 0 Å². The van der Waals surface area contributed by atoms with Gasteiger partial charge in [0, 0.05) is 0 Å². The molecule has 0 amide bonds. The summed E-state index contributed by atoms with van der Waals surface area (Å²) in [4.78, 5) is 0. The maximum atomic E-state index is 12.4. The molecule has 2 rings (SSSR count). The first-order chi connectivity index (χ1) is 7.92. The molecule has 1 nitrogen and oxygen atoms in total. The van der Waals surface area contributed by atoms with Crippen LogP contribution >= 0.6 is 0 Å². The lowest BCUT2D eigenvalue weighted by molar-refractivity contribution is 0.198. The maximum absolute atomic E-state index is 12.4. The van der Waals surface area contributed by atoms with Gasteiger partial charge in [-0.1, -0.05) is 60.7 Å². The number of halogens is 1. The molecule has 0 fully saturated rings. The Balaban J connectivity index is 2.31. The minimum absolute atomic E-state index is 0.738. The third kappa shape index (κ3) is 2.56. The van der Waals surface area contributed by atoms with Crippen molar-refractivity contribution in [2.75, 3.05) is 6.86 Å². The first kappa shape index (κ1) is 11.0. The fraction of sp³-hybridized carbons (Fsp3) is 0.0769. The van der Waals surface area contributed by atoms with Gasteiger partial charge < -0.3 is 4.43 Å². The van der Waals surface area contributed by atoms with Crippen LogP contribution in [0.4, 0.5) is 4.39 Å². The van der Waals surface area contributed by atoms with Crippen LogP contribution in [0.2, 0.25) is 0 Å². The summed E-state index contributed by atoms with van der Waals surface area (Å²) in [6.07, 6.45) is 0. The number of benzene rings is 2.